The second-order valence-corrected chi connectivity index (χ2v) is 4.45. The van der Waals surface area contributed by atoms with Gasteiger partial charge in [0.25, 0.3) is 0 Å². The molecule has 0 saturated carbocycles. The highest BCUT2D eigenvalue weighted by Gasteiger charge is 1.98. The van der Waals surface area contributed by atoms with Crippen LogP contribution >= 0.6 is 27.3 Å². The van der Waals surface area contributed by atoms with E-state index in [0.29, 0.717) is 6.61 Å². The maximum atomic E-state index is 5.49. The summed E-state index contributed by atoms with van der Waals surface area (Å²) in [7, 11) is 0. The minimum atomic E-state index is 0.496. The maximum Gasteiger partial charge on any atom is 0.140 e. The van der Waals surface area contributed by atoms with Gasteiger partial charge in [0.15, 0.2) is 0 Å². The lowest BCUT2D eigenvalue weighted by Gasteiger charge is -2.02. The van der Waals surface area contributed by atoms with Crippen LogP contribution < -0.4 is 4.74 Å². The molecule has 0 bridgehead atoms. The van der Waals surface area contributed by atoms with Gasteiger partial charge in [-0.15, -0.1) is 11.3 Å². The van der Waals surface area contributed by atoms with E-state index in [2.05, 4.69) is 25.9 Å². The summed E-state index contributed by atoms with van der Waals surface area (Å²) in [6.07, 6.45) is 5.16. The summed E-state index contributed by atoms with van der Waals surface area (Å²) in [5.74, 6) is 0.745. The molecule has 72 valence electrons. The Hall–Kier alpha value is -0.940. The van der Waals surface area contributed by atoms with Crippen LogP contribution in [0, 0.1) is 0 Å². The molecule has 0 unspecified atom stereocenters. The molecule has 2 rings (SSSR count). The molecular formula is C9H7BrN2OS. The average Bonchev–Trinajstić information content (AvgIpc) is 2.67. The molecular weight excluding hydrogens is 264 g/mol. The third kappa shape index (κ3) is 2.52. The van der Waals surface area contributed by atoms with Crippen LogP contribution in [0.5, 0.6) is 5.75 Å². The minimum absolute atomic E-state index is 0.496. The van der Waals surface area contributed by atoms with E-state index in [-0.39, 0.29) is 0 Å². The Morgan fingerprint density at radius 3 is 3.07 bits per heavy atom. The number of pyridine rings is 1. The Bertz CT molecular complexity index is 405. The first-order valence-electron chi connectivity index (χ1n) is 3.96. The van der Waals surface area contributed by atoms with E-state index in [1.165, 1.54) is 0 Å². The Labute approximate surface area is 93.9 Å². The molecule has 0 aliphatic rings. The first-order chi connectivity index (χ1) is 6.84. The van der Waals surface area contributed by atoms with E-state index in [9.17, 15) is 0 Å². The van der Waals surface area contributed by atoms with Gasteiger partial charge >= 0.3 is 0 Å². The third-order valence-electron chi connectivity index (χ3n) is 1.53. The zero-order valence-electron chi connectivity index (χ0n) is 7.18. The zero-order valence-corrected chi connectivity index (χ0v) is 9.59. The summed E-state index contributed by atoms with van der Waals surface area (Å²) >= 11 is 4.90. The van der Waals surface area contributed by atoms with Crippen molar-refractivity contribution in [1.82, 2.24) is 9.97 Å². The number of thiazole rings is 1. The van der Waals surface area contributed by atoms with Crippen LogP contribution in [0.15, 0.2) is 34.5 Å². The van der Waals surface area contributed by atoms with Gasteiger partial charge < -0.3 is 4.74 Å². The normalized spacial score (nSPS) is 10.1. The van der Waals surface area contributed by atoms with Crippen molar-refractivity contribution in [2.45, 2.75) is 6.61 Å². The van der Waals surface area contributed by atoms with Crippen LogP contribution in [0.1, 0.15) is 5.01 Å². The van der Waals surface area contributed by atoms with Crippen molar-refractivity contribution in [3.63, 3.8) is 0 Å². The average molecular weight is 271 g/mol. The highest BCUT2D eigenvalue weighted by atomic mass is 79.9. The zero-order chi connectivity index (χ0) is 9.80. The van der Waals surface area contributed by atoms with Crippen molar-refractivity contribution >= 4 is 27.3 Å². The van der Waals surface area contributed by atoms with Gasteiger partial charge in [-0.25, -0.2) is 4.98 Å². The van der Waals surface area contributed by atoms with Gasteiger partial charge in [-0.1, -0.05) is 0 Å². The molecule has 5 heteroatoms. The van der Waals surface area contributed by atoms with Gasteiger partial charge in [0.2, 0.25) is 0 Å². The van der Waals surface area contributed by atoms with Crippen LogP contribution in [-0.4, -0.2) is 9.97 Å². The Morgan fingerprint density at radius 1 is 1.43 bits per heavy atom. The molecule has 14 heavy (non-hydrogen) atoms. The highest BCUT2D eigenvalue weighted by Crippen LogP contribution is 2.17. The van der Waals surface area contributed by atoms with Crippen LogP contribution in [0.2, 0.25) is 0 Å². The standard InChI is InChI=1S/C9H7BrN2OS/c10-7-3-8(5-11-4-7)13-6-9-12-1-2-14-9/h1-5H,6H2. The lowest BCUT2D eigenvalue weighted by atomic mass is 10.5. The van der Waals surface area contributed by atoms with Gasteiger partial charge in [-0.05, 0) is 22.0 Å². The molecule has 2 heterocycles. The van der Waals surface area contributed by atoms with Crippen molar-refractivity contribution in [2.75, 3.05) is 0 Å². The quantitative estimate of drug-likeness (QED) is 0.861. The number of hydrogen-bond donors (Lipinski definition) is 0. The fourth-order valence-electron chi connectivity index (χ4n) is 0.941. The summed E-state index contributed by atoms with van der Waals surface area (Å²) in [4.78, 5) is 8.11. The van der Waals surface area contributed by atoms with Gasteiger partial charge in [0.1, 0.15) is 17.4 Å². The summed E-state index contributed by atoms with van der Waals surface area (Å²) in [5, 5.41) is 2.89. The minimum Gasteiger partial charge on any atom is -0.485 e. The second-order valence-electron chi connectivity index (χ2n) is 2.55. The molecule has 0 N–H and O–H groups in total. The van der Waals surface area contributed by atoms with Crippen molar-refractivity contribution in [3.05, 3.63) is 39.5 Å². The van der Waals surface area contributed by atoms with Gasteiger partial charge in [-0.2, -0.15) is 0 Å². The molecule has 0 saturated heterocycles. The van der Waals surface area contributed by atoms with Crippen molar-refractivity contribution < 1.29 is 4.74 Å². The maximum absolute atomic E-state index is 5.49. The summed E-state index contributed by atoms with van der Waals surface area (Å²) in [6.45, 7) is 0.496. The molecule has 2 aromatic rings. The summed E-state index contributed by atoms with van der Waals surface area (Å²) in [6, 6.07) is 1.88. The van der Waals surface area contributed by atoms with Crippen molar-refractivity contribution in [2.24, 2.45) is 0 Å². The van der Waals surface area contributed by atoms with Crippen LogP contribution in [0.4, 0.5) is 0 Å². The van der Waals surface area contributed by atoms with E-state index >= 15 is 0 Å². The second kappa shape index (κ2) is 4.52. The number of nitrogens with zero attached hydrogens (tertiary/aromatic N) is 2. The molecule has 0 atom stereocenters. The van der Waals surface area contributed by atoms with E-state index in [1.54, 1.807) is 29.9 Å². The van der Waals surface area contributed by atoms with Gasteiger partial charge in [-0.3, -0.25) is 4.98 Å². The predicted molar refractivity (Wildman–Crippen MR) is 58.4 cm³/mol. The molecule has 2 aromatic heterocycles. The monoisotopic (exact) mass is 270 g/mol. The highest BCUT2D eigenvalue weighted by molar-refractivity contribution is 9.10. The van der Waals surface area contributed by atoms with E-state index in [4.69, 9.17) is 4.74 Å². The van der Waals surface area contributed by atoms with Crippen molar-refractivity contribution in [3.8, 4) is 5.75 Å². The lowest BCUT2D eigenvalue weighted by molar-refractivity contribution is 0.304. The molecule has 3 nitrogen and oxygen atoms in total. The fraction of sp³-hybridized carbons (Fsp3) is 0.111. The predicted octanol–water partition coefficient (Wildman–Crippen LogP) is 2.88. The Kier molecular flexibility index (Phi) is 3.10. The summed E-state index contributed by atoms with van der Waals surface area (Å²) < 4.78 is 6.40. The van der Waals surface area contributed by atoms with E-state index < -0.39 is 0 Å². The van der Waals surface area contributed by atoms with Gasteiger partial charge in [0.05, 0.1) is 6.20 Å². The molecule has 0 aromatic carbocycles. The number of hydrogen-bond acceptors (Lipinski definition) is 4. The van der Waals surface area contributed by atoms with Crippen molar-refractivity contribution in [1.29, 1.82) is 0 Å². The van der Waals surface area contributed by atoms with Crippen LogP contribution in [0.25, 0.3) is 0 Å². The lowest BCUT2D eigenvalue weighted by Crippen LogP contribution is -1.94. The molecule has 0 fully saturated rings. The third-order valence-corrected chi connectivity index (χ3v) is 2.71. The largest absolute Gasteiger partial charge is 0.485 e. The number of halogens is 1. The Morgan fingerprint density at radius 2 is 2.36 bits per heavy atom. The smallest absolute Gasteiger partial charge is 0.140 e. The SMILES string of the molecule is Brc1cncc(OCc2nccs2)c1. The first-order valence-corrected chi connectivity index (χ1v) is 5.63. The molecule has 0 amide bonds. The Balaban J connectivity index is 1.98. The topological polar surface area (TPSA) is 35.0 Å². The van der Waals surface area contributed by atoms with E-state index in [1.807, 2.05) is 11.4 Å². The van der Waals surface area contributed by atoms with Crippen LogP contribution in [-0.2, 0) is 6.61 Å². The summed E-state index contributed by atoms with van der Waals surface area (Å²) in [5.41, 5.74) is 0. The molecule has 0 aliphatic carbocycles. The molecule has 0 radical (unpaired) electrons. The number of rotatable bonds is 3. The van der Waals surface area contributed by atoms with E-state index in [0.717, 1.165) is 15.2 Å². The van der Waals surface area contributed by atoms with Gasteiger partial charge in [0, 0.05) is 22.2 Å². The molecule has 0 spiro atoms. The fourth-order valence-corrected chi connectivity index (χ4v) is 1.81. The van der Waals surface area contributed by atoms with Crippen LogP contribution in [0.3, 0.4) is 0 Å². The molecule has 0 aliphatic heterocycles. The first kappa shape index (κ1) is 9.61. The number of aromatic nitrogens is 2. The number of ether oxygens (including phenoxy) is 1.